The fraction of sp³-hybridized carbons (Fsp3) is 1.00. The van der Waals surface area contributed by atoms with Gasteiger partial charge in [-0.05, 0) is 37.6 Å². The maximum atomic E-state index is 2.75. The Labute approximate surface area is 82.5 Å². The summed E-state index contributed by atoms with van der Waals surface area (Å²) >= 11 is 0. The Kier molecular flexibility index (Phi) is 2.92. The highest BCUT2D eigenvalue weighted by molar-refractivity contribution is 4.85. The van der Waals surface area contributed by atoms with E-state index in [1.54, 1.807) is 0 Å². The van der Waals surface area contributed by atoms with Gasteiger partial charge in [0.1, 0.15) is 0 Å². The zero-order chi connectivity index (χ0) is 9.26. The van der Waals surface area contributed by atoms with Gasteiger partial charge in [0.2, 0.25) is 0 Å². The highest BCUT2D eigenvalue weighted by atomic mass is 15.2. The third-order valence-electron chi connectivity index (χ3n) is 4.23. The molecule has 2 fully saturated rings. The van der Waals surface area contributed by atoms with Crippen LogP contribution in [-0.4, -0.2) is 24.0 Å². The van der Waals surface area contributed by atoms with Crippen molar-refractivity contribution in [2.45, 2.75) is 52.0 Å². The molecule has 0 aromatic carbocycles. The fourth-order valence-corrected chi connectivity index (χ4v) is 2.92. The van der Waals surface area contributed by atoms with Crippen molar-refractivity contribution in [3.8, 4) is 0 Å². The molecule has 1 aliphatic carbocycles. The minimum absolute atomic E-state index is 0.944. The summed E-state index contributed by atoms with van der Waals surface area (Å²) in [5, 5.41) is 0. The zero-order valence-corrected chi connectivity index (χ0v) is 9.13. The molecule has 0 radical (unpaired) electrons. The number of hydrogen-bond donors (Lipinski definition) is 0. The molecule has 13 heavy (non-hydrogen) atoms. The third-order valence-corrected chi connectivity index (χ3v) is 4.23. The van der Waals surface area contributed by atoms with E-state index in [-0.39, 0.29) is 0 Å². The monoisotopic (exact) mass is 181 g/mol. The van der Waals surface area contributed by atoms with Crippen LogP contribution in [0.5, 0.6) is 0 Å². The Morgan fingerprint density at radius 2 is 2.00 bits per heavy atom. The van der Waals surface area contributed by atoms with E-state index in [4.69, 9.17) is 0 Å². The molecule has 1 heterocycles. The molecular formula is C12H23N. The lowest BCUT2D eigenvalue weighted by atomic mass is 9.82. The minimum Gasteiger partial charge on any atom is -0.300 e. The van der Waals surface area contributed by atoms with Crippen LogP contribution in [-0.2, 0) is 0 Å². The van der Waals surface area contributed by atoms with Crippen molar-refractivity contribution < 1.29 is 0 Å². The van der Waals surface area contributed by atoms with Gasteiger partial charge in [0.25, 0.3) is 0 Å². The molecule has 0 bridgehead atoms. The van der Waals surface area contributed by atoms with E-state index in [0.717, 1.165) is 17.9 Å². The molecule has 1 saturated carbocycles. The van der Waals surface area contributed by atoms with Crippen LogP contribution >= 0.6 is 0 Å². The number of piperidine rings is 1. The largest absolute Gasteiger partial charge is 0.300 e. The van der Waals surface area contributed by atoms with Crippen LogP contribution in [0, 0.1) is 11.8 Å². The van der Waals surface area contributed by atoms with Crippen LogP contribution in [0.3, 0.4) is 0 Å². The summed E-state index contributed by atoms with van der Waals surface area (Å²) in [4.78, 5) is 2.75. The molecule has 0 N–H and O–H groups in total. The smallest absolute Gasteiger partial charge is 0.00953 e. The average molecular weight is 181 g/mol. The predicted molar refractivity (Wildman–Crippen MR) is 56.8 cm³/mol. The van der Waals surface area contributed by atoms with Gasteiger partial charge in [-0.1, -0.05) is 26.7 Å². The van der Waals surface area contributed by atoms with Gasteiger partial charge in [-0.3, -0.25) is 0 Å². The van der Waals surface area contributed by atoms with Crippen LogP contribution in [0.1, 0.15) is 46.0 Å². The normalized spacial score (nSPS) is 37.4. The zero-order valence-electron chi connectivity index (χ0n) is 9.13. The number of likely N-dealkylation sites (tertiary alicyclic amines) is 1. The Balaban J connectivity index is 1.83. The second-order valence-corrected chi connectivity index (χ2v) is 5.01. The quantitative estimate of drug-likeness (QED) is 0.633. The van der Waals surface area contributed by atoms with Gasteiger partial charge in [0.05, 0.1) is 0 Å². The second-order valence-electron chi connectivity index (χ2n) is 5.01. The van der Waals surface area contributed by atoms with Crippen LogP contribution in [0.2, 0.25) is 0 Å². The van der Waals surface area contributed by atoms with Crippen molar-refractivity contribution in [2.24, 2.45) is 11.8 Å². The van der Waals surface area contributed by atoms with E-state index in [1.807, 2.05) is 0 Å². The lowest BCUT2D eigenvalue weighted by Gasteiger charge is -2.44. The molecule has 2 rings (SSSR count). The summed E-state index contributed by atoms with van der Waals surface area (Å²) in [5.41, 5.74) is 0. The van der Waals surface area contributed by atoms with E-state index in [9.17, 15) is 0 Å². The first kappa shape index (κ1) is 9.51. The molecular weight excluding hydrogens is 158 g/mol. The molecule has 0 aromatic heterocycles. The topological polar surface area (TPSA) is 3.24 Å². The standard InChI is InChI=1S/C12H23N/c1-3-11-7-8-13(9-10(11)2)12-5-4-6-12/h10-12H,3-9H2,1-2H3/t10-,11?/m0/s1. The van der Waals surface area contributed by atoms with E-state index in [1.165, 1.54) is 45.2 Å². The minimum atomic E-state index is 0.944. The van der Waals surface area contributed by atoms with E-state index >= 15 is 0 Å². The maximum absolute atomic E-state index is 2.75. The Morgan fingerprint density at radius 3 is 2.46 bits per heavy atom. The lowest BCUT2D eigenvalue weighted by Crippen LogP contribution is -2.47. The molecule has 0 spiro atoms. The Bertz CT molecular complexity index is 163. The van der Waals surface area contributed by atoms with E-state index < -0.39 is 0 Å². The Morgan fingerprint density at radius 1 is 1.23 bits per heavy atom. The highest BCUT2D eigenvalue weighted by Crippen LogP contribution is 2.32. The molecule has 0 amide bonds. The molecule has 1 nitrogen and oxygen atoms in total. The predicted octanol–water partition coefficient (Wildman–Crippen LogP) is 2.91. The van der Waals surface area contributed by atoms with Crippen molar-refractivity contribution in [3.05, 3.63) is 0 Å². The molecule has 2 atom stereocenters. The van der Waals surface area contributed by atoms with Crippen molar-refractivity contribution in [1.29, 1.82) is 0 Å². The molecule has 1 unspecified atom stereocenters. The first-order valence-electron chi connectivity index (χ1n) is 6.05. The van der Waals surface area contributed by atoms with Gasteiger partial charge in [0, 0.05) is 12.6 Å². The van der Waals surface area contributed by atoms with Crippen LogP contribution in [0.25, 0.3) is 0 Å². The van der Waals surface area contributed by atoms with E-state index in [2.05, 4.69) is 18.7 Å². The molecule has 1 heteroatoms. The van der Waals surface area contributed by atoms with Crippen LogP contribution < -0.4 is 0 Å². The molecule has 1 aliphatic heterocycles. The molecule has 0 aromatic rings. The summed E-state index contributed by atoms with van der Waals surface area (Å²) in [5.74, 6) is 1.95. The van der Waals surface area contributed by atoms with Gasteiger partial charge >= 0.3 is 0 Å². The van der Waals surface area contributed by atoms with Crippen LogP contribution in [0.4, 0.5) is 0 Å². The maximum Gasteiger partial charge on any atom is 0.00953 e. The van der Waals surface area contributed by atoms with Gasteiger partial charge in [-0.15, -0.1) is 0 Å². The van der Waals surface area contributed by atoms with Crippen molar-refractivity contribution >= 4 is 0 Å². The Hall–Kier alpha value is -0.0400. The van der Waals surface area contributed by atoms with Crippen LogP contribution in [0.15, 0.2) is 0 Å². The average Bonchev–Trinajstić information content (AvgIpc) is 2.01. The summed E-state index contributed by atoms with van der Waals surface area (Å²) < 4.78 is 0. The van der Waals surface area contributed by atoms with Gasteiger partial charge in [0.15, 0.2) is 0 Å². The summed E-state index contributed by atoms with van der Waals surface area (Å²) in [7, 11) is 0. The van der Waals surface area contributed by atoms with Gasteiger partial charge in [-0.25, -0.2) is 0 Å². The van der Waals surface area contributed by atoms with Crippen molar-refractivity contribution in [1.82, 2.24) is 4.90 Å². The van der Waals surface area contributed by atoms with Gasteiger partial charge < -0.3 is 4.90 Å². The summed E-state index contributed by atoms with van der Waals surface area (Å²) in [6.07, 6.45) is 7.27. The summed E-state index contributed by atoms with van der Waals surface area (Å²) in [6.45, 7) is 7.55. The first-order valence-corrected chi connectivity index (χ1v) is 6.05. The van der Waals surface area contributed by atoms with Gasteiger partial charge in [-0.2, -0.15) is 0 Å². The number of nitrogens with zero attached hydrogens (tertiary/aromatic N) is 1. The van der Waals surface area contributed by atoms with Crippen molar-refractivity contribution in [2.75, 3.05) is 13.1 Å². The highest BCUT2D eigenvalue weighted by Gasteiger charge is 2.31. The van der Waals surface area contributed by atoms with E-state index in [0.29, 0.717) is 0 Å². The lowest BCUT2D eigenvalue weighted by molar-refractivity contribution is 0.0521. The fourth-order valence-electron chi connectivity index (χ4n) is 2.92. The SMILES string of the molecule is CCC1CCN(C2CCC2)C[C@@H]1C. The summed E-state index contributed by atoms with van der Waals surface area (Å²) in [6, 6.07) is 0.972. The molecule has 76 valence electrons. The molecule has 1 saturated heterocycles. The number of rotatable bonds is 2. The third kappa shape index (κ3) is 1.90. The van der Waals surface area contributed by atoms with Crippen molar-refractivity contribution in [3.63, 3.8) is 0 Å². The molecule has 2 aliphatic rings. The second kappa shape index (κ2) is 4.00. The number of hydrogen-bond acceptors (Lipinski definition) is 1. The first-order chi connectivity index (χ1) is 6.31.